The third-order valence-corrected chi connectivity index (χ3v) is 7.29. The smallest absolute Gasteiger partial charge is 0.120 e. The van der Waals surface area contributed by atoms with E-state index in [0.29, 0.717) is 24.6 Å². The average Bonchev–Trinajstić information content (AvgIpc) is 2.92. The summed E-state index contributed by atoms with van der Waals surface area (Å²) in [5.74, 6) is 1.43. The van der Waals surface area contributed by atoms with E-state index < -0.39 is 0 Å². The molecule has 0 aliphatic carbocycles. The largest absolute Gasteiger partial charge is 0.489 e. The summed E-state index contributed by atoms with van der Waals surface area (Å²) in [6, 6.07) is 27.6. The molecule has 0 amide bonds. The van der Waals surface area contributed by atoms with Crippen molar-refractivity contribution in [3.05, 3.63) is 119 Å². The summed E-state index contributed by atoms with van der Waals surface area (Å²) in [6.07, 6.45) is 4.31. The molecule has 0 bridgehead atoms. The van der Waals surface area contributed by atoms with Gasteiger partial charge in [-0.25, -0.2) is 0 Å². The van der Waals surface area contributed by atoms with Gasteiger partial charge < -0.3 is 4.74 Å². The molecule has 0 radical (unpaired) electrons. The topological polar surface area (TPSA) is 49.1 Å². The van der Waals surface area contributed by atoms with Crippen LogP contribution >= 0.6 is 11.6 Å². The summed E-state index contributed by atoms with van der Waals surface area (Å²) < 4.78 is 6.28. The van der Waals surface area contributed by atoms with Gasteiger partial charge in [-0.2, -0.15) is 5.26 Å². The highest BCUT2D eigenvalue weighted by Crippen LogP contribution is 2.30. The Balaban J connectivity index is 1.31. The van der Waals surface area contributed by atoms with E-state index in [1.165, 1.54) is 33.4 Å². The second-order valence-electron chi connectivity index (χ2n) is 9.29. The Morgan fingerprint density at radius 1 is 1.03 bits per heavy atom. The van der Waals surface area contributed by atoms with Crippen molar-refractivity contribution in [2.75, 3.05) is 5.88 Å². The van der Waals surface area contributed by atoms with Gasteiger partial charge in [0, 0.05) is 37.4 Å². The van der Waals surface area contributed by atoms with Gasteiger partial charge in [-0.15, -0.1) is 11.6 Å². The van der Waals surface area contributed by atoms with Gasteiger partial charge in [0.05, 0.1) is 5.56 Å². The summed E-state index contributed by atoms with van der Waals surface area (Å²) >= 11 is 6.35. The van der Waals surface area contributed by atoms with E-state index in [2.05, 4.69) is 83.5 Å². The molecular formula is C31H28ClN3O. The number of nitrogens with zero attached hydrogens (tertiary/aromatic N) is 3. The summed E-state index contributed by atoms with van der Waals surface area (Å²) in [7, 11) is 0. The van der Waals surface area contributed by atoms with Crippen LogP contribution in [0.25, 0.3) is 11.1 Å². The standard InChI is InChI=1S/C31H28ClN3O/c1-22-27(8-5-9-31(22)25-6-3-2-4-7-25)21-36-30-11-10-26-13-29(15-32)35(20-28(26)14-30)19-24-12-23(16-33)17-34-18-24/h2-12,14,17-18,29H,13,15,19-21H2,1H3/t29-/m0/s1. The van der Waals surface area contributed by atoms with Crippen molar-refractivity contribution in [2.45, 2.75) is 39.1 Å². The van der Waals surface area contributed by atoms with E-state index in [1.807, 2.05) is 18.3 Å². The Bertz CT molecular complexity index is 1400. The first kappa shape index (κ1) is 24.1. The molecule has 0 saturated heterocycles. The Labute approximate surface area is 217 Å². The van der Waals surface area contributed by atoms with Gasteiger partial charge in [-0.05, 0) is 70.5 Å². The summed E-state index contributed by atoms with van der Waals surface area (Å²) in [5.41, 5.74) is 9.05. The van der Waals surface area contributed by atoms with E-state index in [1.54, 1.807) is 6.20 Å². The number of pyridine rings is 1. The second-order valence-corrected chi connectivity index (χ2v) is 9.59. The van der Waals surface area contributed by atoms with Crippen molar-refractivity contribution < 1.29 is 4.74 Å². The number of alkyl halides is 1. The van der Waals surface area contributed by atoms with E-state index in [-0.39, 0.29) is 6.04 Å². The minimum absolute atomic E-state index is 0.236. The van der Waals surface area contributed by atoms with Crippen LogP contribution in [-0.4, -0.2) is 21.8 Å². The van der Waals surface area contributed by atoms with Gasteiger partial charge in [0.25, 0.3) is 0 Å². The molecule has 1 aliphatic heterocycles. The van der Waals surface area contributed by atoms with Crippen LogP contribution in [0.15, 0.2) is 85.2 Å². The van der Waals surface area contributed by atoms with E-state index >= 15 is 0 Å². The van der Waals surface area contributed by atoms with Crippen molar-refractivity contribution in [1.29, 1.82) is 5.26 Å². The highest BCUT2D eigenvalue weighted by molar-refractivity contribution is 6.18. The van der Waals surface area contributed by atoms with Crippen LogP contribution < -0.4 is 4.74 Å². The zero-order valence-corrected chi connectivity index (χ0v) is 21.1. The normalized spacial score (nSPS) is 15.2. The number of aromatic nitrogens is 1. The fourth-order valence-corrected chi connectivity index (χ4v) is 5.21. The lowest BCUT2D eigenvalue weighted by atomic mass is 9.94. The molecule has 0 saturated carbocycles. The average molecular weight is 494 g/mol. The number of rotatable bonds is 7. The quantitative estimate of drug-likeness (QED) is 0.270. The van der Waals surface area contributed by atoms with Gasteiger partial charge in [-0.1, -0.05) is 54.6 Å². The Kier molecular flexibility index (Phi) is 7.32. The molecule has 0 N–H and O–H groups in total. The van der Waals surface area contributed by atoms with Crippen molar-refractivity contribution in [3.8, 4) is 22.9 Å². The number of halogens is 1. The molecule has 2 heterocycles. The van der Waals surface area contributed by atoms with Crippen molar-refractivity contribution in [3.63, 3.8) is 0 Å². The number of benzene rings is 3. The summed E-state index contributed by atoms with van der Waals surface area (Å²) in [5, 5.41) is 9.21. The molecule has 0 unspecified atom stereocenters. The molecule has 180 valence electrons. The highest BCUT2D eigenvalue weighted by atomic mass is 35.5. The predicted octanol–water partition coefficient (Wildman–Crippen LogP) is 6.67. The number of hydrogen-bond donors (Lipinski definition) is 0. The maximum atomic E-state index is 9.21. The molecular weight excluding hydrogens is 466 g/mol. The molecule has 1 atom stereocenters. The van der Waals surface area contributed by atoms with Crippen LogP contribution in [0.1, 0.15) is 33.4 Å². The molecule has 1 aliphatic rings. The number of fused-ring (bicyclic) bond motifs is 1. The lowest BCUT2D eigenvalue weighted by Gasteiger charge is -2.36. The molecule has 1 aromatic heterocycles. The predicted molar refractivity (Wildman–Crippen MR) is 144 cm³/mol. The van der Waals surface area contributed by atoms with Crippen molar-refractivity contribution in [2.24, 2.45) is 0 Å². The van der Waals surface area contributed by atoms with Gasteiger partial charge in [-0.3, -0.25) is 9.88 Å². The van der Waals surface area contributed by atoms with Crippen LogP contribution in [0.2, 0.25) is 0 Å². The number of nitriles is 1. The zero-order valence-electron chi connectivity index (χ0n) is 20.3. The van der Waals surface area contributed by atoms with Gasteiger partial charge in [0.15, 0.2) is 0 Å². The fraction of sp³-hybridized carbons (Fsp3) is 0.226. The summed E-state index contributed by atoms with van der Waals surface area (Å²) in [6.45, 7) is 4.17. The van der Waals surface area contributed by atoms with Crippen molar-refractivity contribution in [1.82, 2.24) is 9.88 Å². The molecule has 4 nitrogen and oxygen atoms in total. The van der Waals surface area contributed by atoms with Gasteiger partial charge in [0.2, 0.25) is 0 Å². The van der Waals surface area contributed by atoms with E-state index in [0.717, 1.165) is 24.3 Å². The second kappa shape index (κ2) is 11.0. The first-order valence-electron chi connectivity index (χ1n) is 12.2. The Morgan fingerprint density at radius 2 is 1.89 bits per heavy atom. The minimum atomic E-state index is 0.236. The van der Waals surface area contributed by atoms with Crippen LogP contribution in [0.3, 0.4) is 0 Å². The lowest BCUT2D eigenvalue weighted by Crippen LogP contribution is -2.41. The first-order chi connectivity index (χ1) is 17.6. The Hall–Kier alpha value is -3.65. The molecule has 3 aromatic carbocycles. The lowest BCUT2D eigenvalue weighted by molar-refractivity contribution is 0.177. The molecule has 0 spiro atoms. The van der Waals surface area contributed by atoms with E-state index in [4.69, 9.17) is 16.3 Å². The molecule has 5 rings (SSSR count). The zero-order chi connectivity index (χ0) is 24.9. The van der Waals surface area contributed by atoms with Crippen LogP contribution in [0.4, 0.5) is 0 Å². The first-order valence-corrected chi connectivity index (χ1v) is 12.7. The third kappa shape index (κ3) is 5.28. The SMILES string of the molecule is Cc1c(COc2ccc3c(c2)CN(Cc2cncc(C#N)c2)[C@H](CCl)C3)cccc1-c1ccccc1. The molecule has 0 fully saturated rings. The minimum Gasteiger partial charge on any atom is -0.489 e. The maximum Gasteiger partial charge on any atom is 0.120 e. The fourth-order valence-electron chi connectivity index (χ4n) is 4.91. The maximum absolute atomic E-state index is 9.21. The van der Waals surface area contributed by atoms with Crippen molar-refractivity contribution >= 4 is 11.6 Å². The molecule has 5 heteroatoms. The number of hydrogen-bond acceptors (Lipinski definition) is 4. The molecule has 36 heavy (non-hydrogen) atoms. The Morgan fingerprint density at radius 3 is 2.69 bits per heavy atom. The van der Waals surface area contributed by atoms with Gasteiger partial charge >= 0.3 is 0 Å². The monoisotopic (exact) mass is 493 g/mol. The third-order valence-electron chi connectivity index (χ3n) is 6.94. The van der Waals surface area contributed by atoms with Crippen LogP contribution in [-0.2, 0) is 26.1 Å². The highest BCUT2D eigenvalue weighted by Gasteiger charge is 2.26. The van der Waals surface area contributed by atoms with Crippen LogP contribution in [0, 0.1) is 18.3 Å². The number of ether oxygens (including phenoxy) is 1. The van der Waals surface area contributed by atoms with Gasteiger partial charge in [0.1, 0.15) is 18.4 Å². The molecule has 4 aromatic rings. The van der Waals surface area contributed by atoms with Crippen LogP contribution in [0.5, 0.6) is 5.75 Å². The van der Waals surface area contributed by atoms with E-state index in [9.17, 15) is 5.26 Å². The summed E-state index contributed by atoms with van der Waals surface area (Å²) in [4.78, 5) is 6.58.